The molecular weight excluding hydrogens is 198 g/mol. The van der Waals surface area contributed by atoms with Crippen molar-refractivity contribution >= 4 is 0 Å². The highest BCUT2D eigenvalue weighted by Crippen LogP contribution is 2.36. The highest BCUT2D eigenvalue weighted by atomic mass is 15.2. The maximum atomic E-state index is 5.98. The van der Waals surface area contributed by atoms with Gasteiger partial charge < -0.3 is 15.5 Å². The third-order valence-electron chi connectivity index (χ3n) is 5.16. The highest BCUT2D eigenvalue weighted by molar-refractivity contribution is 4.97. The number of nitrogens with zero attached hydrogens (tertiary/aromatic N) is 2. The van der Waals surface area contributed by atoms with Gasteiger partial charge in [-0.15, -0.1) is 0 Å². The molecule has 0 aromatic carbocycles. The third kappa shape index (κ3) is 1.89. The van der Waals surface area contributed by atoms with Crippen molar-refractivity contribution in [2.75, 3.05) is 20.1 Å². The Bertz CT molecular complexity index is 234. The number of rotatable bonds is 1. The molecule has 0 aromatic heterocycles. The Kier molecular flexibility index (Phi) is 2.94. The van der Waals surface area contributed by atoms with Crippen molar-refractivity contribution in [3.63, 3.8) is 0 Å². The van der Waals surface area contributed by atoms with E-state index in [2.05, 4.69) is 16.8 Å². The first-order valence-electron chi connectivity index (χ1n) is 6.95. The van der Waals surface area contributed by atoms with Gasteiger partial charge in [-0.1, -0.05) is 0 Å². The summed E-state index contributed by atoms with van der Waals surface area (Å²) in [6.07, 6.45) is 8.10. The standard InChI is InChI=1S/C13H25N3/c1-15-11-2-3-12(15)9-13(8-11)16-6-4-10(14)5-7-16/h10-13H,2-9,14H2,1H3. The second-order valence-corrected chi connectivity index (χ2v) is 6.05. The van der Waals surface area contributed by atoms with Crippen LogP contribution >= 0.6 is 0 Å². The van der Waals surface area contributed by atoms with Crippen LogP contribution in [-0.2, 0) is 0 Å². The summed E-state index contributed by atoms with van der Waals surface area (Å²) in [5.74, 6) is 0. The third-order valence-corrected chi connectivity index (χ3v) is 5.16. The van der Waals surface area contributed by atoms with Crippen LogP contribution in [0.4, 0.5) is 0 Å². The summed E-state index contributed by atoms with van der Waals surface area (Å²) in [5, 5.41) is 0. The summed E-state index contributed by atoms with van der Waals surface area (Å²) in [7, 11) is 2.32. The molecule has 2 N–H and O–H groups in total. The van der Waals surface area contributed by atoms with E-state index < -0.39 is 0 Å². The monoisotopic (exact) mass is 223 g/mol. The summed E-state index contributed by atoms with van der Waals surface area (Å²) in [4.78, 5) is 5.36. The number of likely N-dealkylation sites (tertiary alicyclic amines) is 1. The Morgan fingerprint density at radius 1 is 0.875 bits per heavy atom. The van der Waals surface area contributed by atoms with Gasteiger partial charge in [0.2, 0.25) is 0 Å². The van der Waals surface area contributed by atoms with Gasteiger partial charge in [0, 0.05) is 24.2 Å². The second kappa shape index (κ2) is 4.28. The van der Waals surface area contributed by atoms with Crippen molar-refractivity contribution in [1.82, 2.24) is 9.80 Å². The van der Waals surface area contributed by atoms with Gasteiger partial charge in [-0.25, -0.2) is 0 Å². The molecular formula is C13H25N3. The minimum atomic E-state index is 0.472. The number of fused-ring (bicyclic) bond motifs is 2. The lowest BCUT2D eigenvalue weighted by molar-refractivity contribution is 0.0606. The van der Waals surface area contributed by atoms with E-state index in [1.165, 1.54) is 51.6 Å². The molecule has 3 nitrogen and oxygen atoms in total. The Hall–Kier alpha value is -0.120. The predicted molar refractivity (Wildman–Crippen MR) is 66.4 cm³/mol. The summed E-state index contributed by atoms with van der Waals surface area (Å²) in [6, 6.07) is 3.08. The summed E-state index contributed by atoms with van der Waals surface area (Å²) in [5.41, 5.74) is 5.98. The van der Waals surface area contributed by atoms with Crippen LogP contribution in [0.25, 0.3) is 0 Å². The minimum absolute atomic E-state index is 0.472. The molecule has 3 saturated heterocycles. The van der Waals surface area contributed by atoms with E-state index in [9.17, 15) is 0 Å². The van der Waals surface area contributed by atoms with Gasteiger partial charge in [-0.05, 0) is 58.7 Å². The molecule has 3 aliphatic heterocycles. The first kappa shape index (κ1) is 11.0. The molecule has 3 heteroatoms. The van der Waals surface area contributed by atoms with E-state index in [0.29, 0.717) is 6.04 Å². The van der Waals surface area contributed by atoms with Crippen molar-refractivity contribution in [2.45, 2.75) is 62.7 Å². The Balaban J connectivity index is 1.60. The van der Waals surface area contributed by atoms with Gasteiger partial charge in [0.1, 0.15) is 0 Å². The van der Waals surface area contributed by atoms with Crippen molar-refractivity contribution in [3.05, 3.63) is 0 Å². The lowest BCUT2D eigenvalue weighted by Crippen LogP contribution is -2.52. The minimum Gasteiger partial charge on any atom is -0.328 e. The molecule has 0 aromatic rings. The molecule has 3 heterocycles. The zero-order chi connectivity index (χ0) is 11.1. The molecule has 92 valence electrons. The van der Waals surface area contributed by atoms with Crippen LogP contribution in [-0.4, -0.2) is 54.1 Å². The lowest BCUT2D eigenvalue weighted by atomic mass is 9.94. The zero-order valence-corrected chi connectivity index (χ0v) is 10.4. The molecule has 0 aliphatic carbocycles. The summed E-state index contributed by atoms with van der Waals surface area (Å²) < 4.78 is 0. The summed E-state index contributed by atoms with van der Waals surface area (Å²) >= 11 is 0. The van der Waals surface area contributed by atoms with E-state index >= 15 is 0 Å². The molecule has 0 amide bonds. The lowest BCUT2D eigenvalue weighted by Gasteiger charge is -2.43. The van der Waals surface area contributed by atoms with Gasteiger partial charge >= 0.3 is 0 Å². The molecule has 0 radical (unpaired) electrons. The largest absolute Gasteiger partial charge is 0.328 e. The van der Waals surface area contributed by atoms with Gasteiger partial charge in [0.05, 0.1) is 0 Å². The molecule has 0 saturated carbocycles. The average molecular weight is 223 g/mol. The van der Waals surface area contributed by atoms with E-state index in [1.54, 1.807) is 0 Å². The highest BCUT2D eigenvalue weighted by Gasteiger charge is 2.40. The van der Waals surface area contributed by atoms with E-state index in [0.717, 1.165) is 18.1 Å². The van der Waals surface area contributed by atoms with E-state index in [4.69, 9.17) is 5.73 Å². The number of piperidine rings is 2. The molecule has 3 rings (SSSR count). The maximum Gasteiger partial charge on any atom is 0.0125 e. The Morgan fingerprint density at radius 3 is 2.00 bits per heavy atom. The molecule has 2 atom stereocenters. The van der Waals surface area contributed by atoms with Crippen LogP contribution in [0.5, 0.6) is 0 Å². The molecule has 16 heavy (non-hydrogen) atoms. The predicted octanol–water partition coefficient (Wildman–Crippen LogP) is 1.03. The van der Waals surface area contributed by atoms with Crippen LogP contribution < -0.4 is 5.73 Å². The van der Waals surface area contributed by atoms with Crippen LogP contribution in [0.3, 0.4) is 0 Å². The van der Waals surface area contributed by atoms with Crippen LogP contribution in [0, 0.1) is 0 Å². The molecule has 3 fully saturated rings. The number of hydrogen-bond donors (Lipinski definition) is 1. The fraction of sp³-hybridized carbons (Fsp3) is 1.00. The van der Waals surface area contributed by atoms with E-state index in [1.807, 2.05) is 0 Å². The quantitative estimate of drug-likeness (QED) is 0.721. The zero-order valence-electron chi connectivity index (χ0n) is 10.4. The number of hydrogen-bond acceptors (Lipinski definition) is 3. The first-order valence-corrected chi connectivity index (χ1v) is 6.95. The van der Waals surface area contributed by atoms with Gasteiger partial charge in [-0.3, -0.25) is 0 Å². The van der Waals surface area contributed by atoms with Gasteiger partial charge in [0.25, 0.3) is 0 Å². The summed E-state index contributed by atoms with van der Waals surface area (Å²) in [6.45, 7) is 2.49. The fourth-order valence-corrected chi connectivity index (χ4v) is 3.97. The maximum absolute atomic E-state index is 5.98. The molecule has 0 spiro atoms. The smallest absolute Gasteiger partial charge is 0.0125 e. The normalized spacial score (nSPS) is 42.8. The van der Waals surface area contributed by atoms with Crippen LogP contribution in [0.1, 0.15) is 38.5 Å². The first-order chi connectivity index (χ1) is 7.74. The Labute approximate surface area is 99.0 Å². The van der Waals surface area contributed by atoms with E-state index in [-0.39, 0.29) is 0 Å². The number of nitrogens with two attached hydrogens (primary N) is 1. The van der Waals surface area contributed by atoms with Crippen LogP contribution in [0.15, 0.2) is 0 Å². The fourth-order valence-electron chi connectivity index (χ4n) is 3.97. The molecule has 2 unspecified atom stereocenters. The molecule has 3 aliphatic rings. The topological polar surface area (TPSA) is 32.5 Å². The van der Waals surface area contributed by atoms with Crippen molar-refractivity contribution in [3.8, 4) is 0 Å². The van der Waals surface area contributed by atoms with Gasteiger partial charge in [-0.2, -0.15) is 0 Å². The average Bonchev–Trinajstić information content (AvgIpc) is 2.54. The van der Waals surface area contributed by atoms with Crippen LogP contribution in [0.2, 0.25) is 0 Å². The molecule has 2 bridgehead atoms. The SMILES string of the molecule is CN1C2CCC1CC(N1CCC(N)CC1)C2. The second-order valence-electron chi connectivity index (χ2n) is 6.05. The van der Waals surface area contributed by atoms with Crippen molar-refractivity contribution < 1.29 is 0 Å². The van der Waals surface area contributed by atoms with Gasteiger partial charge in [0.15, 0.2) is 0 Å². The van der Waals surface area contributed by atoms with Crippen molar-refractivity contribution in [2.24, 2.45) is 5.73 Å². The van der Waals surface area contributed by atoms with Crippen molar-refractivity contribution in [1.29, 1.82) is 0 Å². The Morgan fingerprint density at radius 2 is 1.44 bits per heavy atom.